The number of nitrogens with zero attached hydrogens (tertiary/aromatic N) is 1. The van der Waals surface area contributed by atoms with E-state index in [1.165, 1.54) is 0 Å². The lowest BCUT2D eigenvalue weighted by Gasteiger charge is -2.24. The van der Waals surface area contributed by atoms with Crippen LogP contribution in [-0.2, 0) is 35.3 Å². The van der Waals surface area contributed by atoms with Gasteiger partial charge in [-0.25, -0.2) is 9.78 Å². The quantitative estimate of drug-likeness (QED) is 0.0802. The number of carbonyl (C=O) groups is 4. The molecular formula is C36H35F3N4O6. The lowest BCUT2D eigenvalue weighted by molar-refractivity contribution is -0.202. The van der Waals surface area contributed by atoms with Gasteiger partial charge in [-0.3, -0.25) is 14.4 Å². The number of ether oxygens (including phenoxy) is 2. The third-order valence-electron chi connectivity index (χ3n) is 7.14. The first-order valence-corrected chi connectivity index (χ1v) is 15.4. The summed E-state index contributed by atoms with van der Waals surface area (Å²) in [7, 11) is 0. The van der Waals surface area contributed by atoms with E-state index in [4.69, 9.17) is 4.74 Å². The van der Waals surface area contributed by atoms with Crippen LogP contribution in [-0.4, -0.2) is 54.1 Å². The van der Waals surface area contributed by atoms with Gasteiger partial charge in [0.25, 0.3) is 0 Å². The Morgan fingerprint density at radius 2 is 1.43 bits per heavy atom. The monoisotopic (exact) mass is 676 g/mol. The second kappa shape index (κ2) is 18.1. The molecule has 1 unspecified atom stereocenters. The molecule has 1 aromatic heterocycles. The minimum atomic E-state index is -5.38. The van der Waals surface area contributed by atoms with Crippen LogP contribution in [0.25, 0.3) is 11.1 Å². The molecule has 4 aromatic rings. The van der Waals surface area contributed by atoms with Crippen molar-refractivity contribution in [3.8, 4) is 11.1 Å². The zero-order valence-electron chi connectivity index (χ0n) is 26.3. The van der Waals surface area contributed by atoms with E-state index in [0.717, 1.165) is 16.7 Å². The van der Waals surface area contributed by atoms with Crippen LogP contribution in [0.2, 0.25) is 0 Å². The molecule has 0 saturated heterocycles. The van der Waals surface area contributed by atoms with Crippen molar-refractivity contribution in [3.63, 3.8) is 0 Å². The van der Waals surface area contributed by atoms with E-state index in [-0.39, 0.29) is 19.6 Å². The fourth-order valence-corrected chi connectivity index (χ4v) is 4.68. The van der Waals surface area contributed by atoms with Crippen molar-refractivity contribution in [2.75, 3.05) is 18.5 Å². The van der Waals surface area contributed by atoms with Crippen molar-refractivity contribution >= 4 is 29.6 Å². The molecule has 3 N–H and O–H groups in total. The van der Waals surface area contributed by atoms with Gasteiger partial charge in [0.05, 0.1) is 25.7 Å². The number of benzene rings is 3. The predicted molar refractivity (Wildman–Crippen MR) is 175 cm³/mol. The molecule has 0 spiro atoms. The van der Waals surface area contributed by atoms with E-state index in [0.29, 0.717) is 24.3 Å². The van der Waals surface area contributed by atoms with Crippen molar-refractivity contribution < 1.29 is 41.8 Å². The summed E-state index contributed by atoms with van der Waals surface area (Å²) < 4.78 is 48.1. The molecule has 2 amide bonds. The Morgan fingerprint density at radius 3 is 2.08 bits per heavy atom. The smallest absolute Gasteiger partial charge is 0.386 e. The molecule has 0 bridgehead atoms. The fourth-order valence-electron chi connectivity index (χ4n) is 4.68. The minimum Gasteiger partial charge on any atom is -0.386 e. The highest BCUT2D eigenvalue weighted by Gasteiger charge is 2.42. The Labute approximate surface area is 281 Å². The number of alkyl halides is 3. The summed E-state index contributed by atoms with van der Waals surface area (Å²) in [5, 5.41) is 8.38. The van der Waals surface area contributed by atoms with Gasteiger partial charge in [-0.05, 0) is 40.8 Å². The number of aromatic nitrogens is 1. The first kappa shape index (κ1) is 36.3. The summed E-state index contributed by atoms with van der Waals surface area (Å²) in [5.41, 5.74) is 2.86. The number of hydrogen-bond acceptors (Lipinski definition) is 8. The van der Waals surface area contributed by atoms with Gasteiger partial charge in [0.1, 0.15) is 11.9 Å². The zero-order valence-corrected chi connectivity index (χ0v) is 26.3. The third-order valence-corrected chi connectivity index (χ3v) is 7.14. The van der Waals surface area contributed by atoms with Crippen LogP contribution in [0.4, 0.5) is 19.0 Å². The Morgan fingerprint density at radius 1 is 0.776 bits per heavy atom. The van der Waals surface area contributed by atoms with Gasteiger partial charge >= 0.3 is 18.1 Å². The number of nitrogens with one attached hydrogen (secondary N) is 3. The van der Waals surface area contributed by atoms with Gasteiger partial charge in [-0.2, -0.15) is 13.2 Å². The standard InChI is InChI=1S/C36H35F3N4O6/c37-36(38,39)35(47)49-33(45)22-29(28-18-16-27(17-19-28)26-12-5-2-6-13-26)43-34(46)30(24-48-23-25-10-3-1-4-11-25)42-32(44)15-9-21-41-31-14-7-8-20-40-31/h1-8,10-14,16-20,29-30H,9,15,21-24H2,(H,40,41)(H,42,44)(H,43,46)/t29?,30-/m0/s1. The number of anilines is 1. The number of esters is 2. The van der Waals surface area contributed by atoms with Gasteiger partial charge in [0.15, 0.2) is 0 Å². The minimum absolute atomic E-state index is 0.0541. The first-order chi connectivity index (χ1) is 23.6. The van der Waals surface area contributed by atoms with Crippen LogP contribution >= 0.6 is 0 Å². The number of amides is 2. The number of rotatable bonds is 16. The molecule has 256 valence electrons. The third kappa shape index (κ3) is 12.2. The summed E-state index contributed by atoms with van der Waals surface area (Å²) >= 11 is 0. The average Bonchev–Trinajstić information content (AvgIpc) is 3.10. The Bertz CT molecular complexity index is 1660. The molecule has 13 heteroatoms. The maximum Gasteiger partial charge on any atom is 0.491 e. The summed E-state index contributed by atoms with van der Waals surface area (Å²) in [6.07, 6.45) is -4.09. The van der Waals surface area contributed by atoms with Crippen LogP contribution in [0.5, 0.6) is 0 Å². The van der Waals surface area contributed by atoms with Gasteiger partial charge in [0.2, 0.25) is 11.8 Å². The highest BCUT2D eigenvalue weighted by molar-refractivity contribution is 5.90. The van der Waals surface area contributed by atoms with Crippen LogP contribution in [0.1, 0.15) is 36.4 Å². The predicted octanol–water partition coefficient (Wildman–Crippen LogP) is 5.52. The van der Waals surface area contributed by atoms with Gasteiger partial charge in [0, 0.05) is 19.2 Å². The second-order valence-corrected chi connectivity index (χ2v) is 10.9. The van der Waals surface area contributed by atoms with E-state index in [1.54, 1.807) is 42.6 Å². The second-order valence-electron chi connectivity index (χ2n) is 10.9. The first-order valence-electron chi connectivity index (χ1n) is 15.4. The SMILES string of the molecule is O=C(CCCNc1ccccn1)N[C@@H](COCc1ccccc1)C(=O)NC(CC(=O)OC(=O)C(F)(F)F)c1ccc(-c2ccccc2)cc1. The van der Waals surface area contributed by atoms with Crippen molar-refractivity contribution in [3.05, 3.63) is 120 Å². The average molecular weight is 677 g/mol. The van der Waals surface area contributed by atoms with Crippen LogP contribution in [0, 0.1) is 0 Å². The van der Waals surface area contributed by atoms with Gasteiger partial charge in [-0.15, -0.1) is 0 Å². The van der Waals surface area contributed by atoms with E-state index < -0.39 is 48.4 Å². The van der Waals surface area contributed by atoms with Crippen molar-refractivity contribution in [2.24, 2.45) is 0 Å². The van der Waals surface area contributed by atoms with Crippen LogP contribution in [0.15, 0.2) is 109 Å². The Kier molecular flexibility index (Phi) is 13.4. The Balaban J connectivity index is 1.47. The molecule has 0 aliphatic rings. The molecule has 2 atom stereocenters. The number of hydrogen-bond donors (Lipinski definition) is 3. The number of halogens is 3. The molecule has 0 saturated carbocycles. The topological polar surface area (TPSA) is 136 Å². The Hall–Kier alpha value is -5.56. The molecule has 0 fully saturated rings. The van der Waals surface area contributed by atoms with E-state index in [1.807, 2.05) is 66.7 Å². The van der Waals surface area contributed by atoms with Crippen LogP contribution in [0.3, 0.4) is 0 Å². The molecule has 0 aliphatic heterocycles. The molecule has 0 aliphatic carbocycles. The van der Waals surface area contributed by atoms with Crippen LogP contribution < -0.4 is 16.0 Å². The van der Waals surface area contributed by atoms with E-state index in [2.05, 4.69) is 25.7 Å². The number of carbonyl (C=O) groups excluding carboxylic acids is 4. The van der Waals surface area contributed by atoms with Gasteiger partial charge in [-0.1, -0.05) is 91.0 Å². The lowest BCUT2D eigenvalue weighted by atomic mass is 9.98. The molecule has 1 heterocycles. The van der Waals surface area contributed by atoms with Crippen molar-refractivity contribution in [2.45, 2.75) is 44.1 Å². The zero-order chi connectivity index (χ0) is 35.1. The highest BCUT2D eigenvalue weighted by atomic mass is 19.4. The summed E-state index contributed by atoms with van der Waals surface area (Å²) in [4.78, 5) is 54.5. The molecule has 10 nitrogen and oxygen atoms in total. The lowest BCUT2D eigenvalue weighted by Crippen LogP contribution is -2.50. The van der Waals surface area contributed by atoms with E-state index in [9.17, 15) is 32.3 Å². The molecule has 49 heavy (non-hydrogen) atoms. The molecule has 0 radical (unpaired) electrons. The maximum atomic E-state index is 13.6. The van der Waals surface area contributed by atoms with Gasteiger partial charge < -0.3 is 25.4 Å². The summed E-state index contributed by atoms with van der Waals surface area (Å²) in [5.74, 6) is -4.74. The number of pyridine rings is 1. The van der Waals surface area contributed by atoms with Crippen molar-refractivity contribution in [1.29, 1.82) is 0 Å². The maximum absolute atomic E-state index is 13.6. The van der Waals surface area contributed by atoms with Crippen molar-refractivity contribution in [1.82, 2.24) is 15.6 Å². The van der Waals surface area contributed by atoms with E-state index >= 15 is 0 Å². The summed E-state index contributed by atoms with van der Waals surface area (Å²) in [6.45, 7) is 0.311. The largest absolute Gasteiger partial charge is 0.491 e. The summed E-state index contributed by atoms with van der Waals surface area (Å²) in [6, 6.07) is 28.0. The molecular weight excluding hydrogens is 641 g/mol. The normalized spacial score (nSPS) is 12.3. The highest BCUT2D eigenvalue weighted by Crippen LogP contribution is 2.25. The molecule has 4 rings (SSSR count). The fraction of sp³-hybridized carbons (Fsp3) is 0.250. The molecule has 3 aromatic carbocycles.